The molecule has 0 aliphatic heterocycles. The van der Waals surface area contributed by atoms with Gasteiger partial charge in [-0.3, -0.25) is 9.10 Å². The van der Waals surface area contributed by atoms with Gasteiger partial charge in [0.05, 0.1) is 35.8 Å². The number of aromatic nitrogens is 2. The molecule has 2 aromatic carbocycles. The van der Waals surface area contributed by atoms with Gasteiger partial charge in [-0.25, -0.2) is 17.3 Å². The summed E-state index contributed by atoms with van der Waals surface area (Å²) in [5, 5.41) is 23.5. The quantitative estimate of drug-likeness (QED) is 0.285. The number of rotatable bonds is 8. The van der Waals surface area contributed by atoms with E-state index in [-0.39, 0.29) is 34.2 Å². The van der Waals surface area contributed by atoms with Crippen molar-refractivity contribution in [2.75, 3.05) is 10.6 Å². The van der Waals surface area contributed by atoms with Gasteiger partial charge in [-0.15, -0.1) is 0 Å². The fourth-order valence-electron chi connectivity index (χ4n) is 4.50. The summed E-state index contributed by atoms with van der Waals surface area (Å²) in [6.45, 7) is -0.0830. The minimum Gasteiger partial charge on any atom is -0.423 e. The molecule has 1 aliphatic carbocycles. The van der Waals surface area contributed by atoms with E-state index >= 15 is 0 Å². The van der Waals surface area contributed by atoms with Crippen molar-refractivity contribution in [3.8, 4) is 11.3 Å². The molecule has 0 radical (unpaired) electrons. The van der Waals surface area contributed by atoms with Gasteiger partial charge in [0, 0.05) is 16.0 Å². The zero-order valence-corrected chi connectivity index (χ0v) is 21.7. The number of primary amides is 1. The van der Waals surface area contributed by atoms with Crippen molar-refractivity contribution in [1.82, 2.24) is 9.61 Å². The minimum atomic E-state index is -3.81. The number of nitrogens with zero attached hydrogens (tertiary/aromatic N) is 3. The van der Waals surface area contributed by atoms with Gasteiger partial charge < -0.3 is 15.8 Å². The second kappa shape index (κ2) is 9.70. The van der Waals surface area contributed by atoms with Crippen LogP contribution in [0.5, 0.6) is 0 Å². The number of sulfonamides is 1. The Bertz CT molecular complexity index is 1670. The largest absolute Gasteiger partial charge is 0.489 e. The highest BCUT2D eigenvalue weighted by Crippen LogP contribution is 2.46. The highest BCUT2D eigenvalue weighted by atomic mass is 35.5. The van der Waals surface area contributed by atoms with Gasteiger partial charge in [0.15, 0.2) is 0 Å². The number of hydrogen-bond acceptors (Lipinski definition) is 6. The smallest absolute Gasteiger partial charge is 0.423 e. The van der Waals surface area contributed by atoms with Crippen LogP contribution in [0.4, 0.5) is 10.1 Å². The summed E-state index contributed by atoms with van der Waals surface area (Å²) in [7, 11) is -5.57. The van der Waals surface area contributed by atoms with Crippen LogP contribution in [0.1, 0.15) is 40.2 Å². The van der Waals surface area contributed by atoms with Crippen LogP contribution in [-0.4, -0.2) is 47.4 Å². The first kappa shape index (κ1) is 26.2. The normalized spacial score (nSPS) is 13.6. The van der Waals surface area contributed by atoms with Crippen LogP contribution < -0.4 is 15.5 Å². The van der Waals surface area contributed by atoms with Crippen LogP contribution in [0.15, 0.2) is 54.7 Å². The molecule has 2 heterocycles. The molecule has 1 amide bonds. The average Bonchev–Trinajstić information content (AvgIpc) is 3.61. The number of carbonyl (C=O) groups excluding carboxylic acids is 1. The molecule has 9 nitrogen and oxygen atoms in total. The van der Waals surface area contributed by atoms with E-state index in [9.17, 15) is 27.7 Å². The van der Waals surface area contributed by atoms with Crippen LogP contribution in [0, 0.1) is 5.82 Å². The Kier molecular flexibility index (Phi) is 6.68. The van der Waals surface area contributed by atoms with Gasteiger partial charge in [-0.2, -0.15) is 5.10 Å². The van der Waals surface area contributed by atoms with E-state index in [0.717, 1.165) is 24.7 Å². The Morgan fingerprint density at radius 3 is 2.45 bits per heavy atom. The summed E-state index contributed by atoms with van der Waals surface area (Å²) < 4.78 is 42.2. The topological polar surface area (TPSA) is 138 Å². The number of hydrogen-bond donors (Lipinski definition) is 3. The predicted octanol–water partition coefficient (Wildman–Crippen LogP) is 2.42. The molecule has 1 fully saturated rings. The Morgan fingerprint density at radius 2 is 1.89 bits per heavy atom. The zero-order valence-electron chi connectivity index (χ0n) is 20.2. The van der Waals surface area contributed by atoms with Crippen LogP contribution >= 0.6 is 11.6 Å². The molecule has 0 atom stereocenters. The molecule has 38 heavy (non-hydrogen) atoms. The summed E-state index contributed by atoms with van der Waals surface area (Å²) >= 11 is 6.19. The van der Waals surface area contributed by atoms with Gasteiger partial charge in [0.1, 0.15) is 11.5 Å². The first-order valence-corrected chi connectivity index (χ1v) is 13.9. The Morgan fingerprint density at radius 1 is 1.21 bits per heavy atom. The van der Waals surface area contributed by atoms with E-state index < -0.39 is 28.9 Å². The second-order valence-corrected chi connectivity index (χ2v) is 11.6. The first-order chi connectivity index (χ1) is 17.9. The van der Waals surface area contributed by atoms with Crippen molar-refractivity contribution in [2.24, 2.45) is 5.73 Å². The van der Waals surface area contributed by atoms with Gasteiger partial charge >= 0.3 is 7.12 Å². The SMILES string of the molecule is CS(=O)(=O)N(Cc1ccc(B(O)O)c(Cl)c1)c1cn2nc(-c3ccc(F)cc3)c(C(N)=O)c2cc1C1CC1. The number of pyridine rings is 1. The number of benzene rings is 2. The number of nitrogens with two attached hydrogens (primary N) is 1. The number of amides is 1. The third kappa shape index (κ3) is 5.00. The van der Waals surface area contributed by atoms with E-state index in [1.54, 1.807) is 18.3 Å². The van der Waals surface area contributed by atoms with Crippen molar-refractivity contribution in [2.45, 2.75) is 25.3 Å². The van der Waals surface area contributed by atoms with Crippen LogP contribution in [-0.2, 0) is 16.6 Å². The van der Waals surface area contributed by atoms with Crippen molar-refractivity contribution in [3.05, 3.63) is 82.3 Å². The molecule has 0 bridgehead atoms. The van der Waals surface area contributed by atoms with Crippen LogP contribution in [0.3, 0.4) is 0 Å². The molecule has 4 aromatic rings. The lowest BCUT2D eigenvalue weighted by atomic mass is 9.80. The van der Waals surface area contributed by atoms with Crippen molar-refractivity contribution in [1.29, 1.82) is 0 Å². The molecule has 0 unspecified atom stereocenters. The maximum absolute atomic E-state index is 13.5. The van der Waals surface area contributed by atoms with Crippen molar-refractivity contribution < 1.29 is 27.7 Å². The van der Waals surface area contributed by atoms with Crippen LogP contribution in [0.25, 0.3) is 16.8 Å². The van der Waals surface area contributed by atoms with Gasteiger partial charge in [0.2, 0.25) is 10.0 Å². The summed E-state index contributed by atoms with van der Waals surface area (Å²) in [5.41, 5.74) is 8.78. The van der Waals surface area contributed by atoms with E-state index in [2.05, 4.69) is 5.10 Å². The van der Waals surface area contributed by atoms with Crippen molar-refractivity contribution in [3.63, 3.8) is 0 Å². The van der Waals surface area contributed by atoms with Crippen molar-refractivity contribution >= 4 is 51.3 Å². The monoisotopic (exact) mass is 556 g/mol. The molecule has 196 valence electrons. The lowest BCUT2D eigenvalue weighted by Crippen LogP contribution is -2.32. The van der Waals surface area contributed by atoms with Gasteiger partial charge in [-0.1, -0.05) is 23.7 Å². The highest BCUT2D eigenvalue weighted by Gasteiger charge is 2.33. The Hall–Kier alpha value is -3.45. The molecule has 1 saturated carbocycles. The number of fused-ring (bicyclic) bond motifs is 1. The minimum absolute atomic E-state index is 0.0830. The van der Waals surface area contributed by atoms with Gasteiger partial charge in [0.25, 0.3) is 5.91 Å². The Balaban J connectivity index is 1.68. The molecular weight excluding hydrogens is 534 g/mol. The first-order valence-electron chi connectivity index (χ1n) is 11.7. The predicted molar refractivity (Wildman–Crippen MR) is 143 cm³/mol. The Labute approximate surface area is 223 Å². The zero-order chi connectivity index (χ0) is 27.4. The molecule has 1 aliphatic rings. The summed E-state index contributed by atoms with van der Waals surface area (Å²) in [5.74, 6) is -1.07. The summed E-state index contributed by atoms with van der Waals surface area (Å²) in [6.07, 6.45) is 4.33. The number of halogens is 2. The maximum Gasteiger partial charge on any atom is 0.489 e. The van der Waals surface area contributed by atoms with E-state index in [4.69, 9.17) is 17.3 Å². The molecule has 0 saturated heterocycles. The van der Waals surface area contributed by atoms with E-state index in [1.165, 1.54) is 45.2 Å². The molecule has 2 aromatic heterocycles. The second-order valence-electron chi connectivity index (χ2n) is 9.31. The molecule has 0 spiro atoms. The lowest BCUT2D eigenvalue weighted by Gasteiger charge is -2.25. The standard InChI is InChI=1S/C25H23BClFN4O5S/c1-38(36,37)32(12-14-2-9-19(26(34)35)20(27)10-14)22-13-31-21(11-18(22)15-3-4-15)23(25(29)33)24(30-31)16-5-7-17(28)8-6-16/h2,5-11,13,15,34-35H,3-4,12H2,1H3,(H2,29,33). The molecular formula is C25H23BClFN4O5S. The van der Waals surface area contributed by atoms with Gasteiger partial charge in [-0.05, 0) is 66.3 Å². The van der Waals surface area contributed by atoms with Crippen LogP contribution in [0.2, 0.25) is 5.02 Å². The summed E-state index contributed by atoms with van der Waals surface area (Å²) in [4.78, 5) is 12.5. The lowest BCUT2D eigenvalue weighted by molar-refractivity contribution is 0.100. The average molecular weight is 557 g/mol. The van der Waals surface area contributed by atoms with E-state index in [0.29, 0.717) is 22.3 Å². The molecule has 13 heteroatoms. The number of anilines is 1. The fourth-order valence-corrected chi connectivity index (χ4v) is 5.70. The third-order valence-electron chi connectivity index (χ3n) is 6.50. The molecule has 4 N–H and O–H groups in total. The highest BCUT2D eigenvalue weighted by molar-refractivity contribution is 7.92. The fraction of sp³-hybridized carbons (Fsp3) is 0.200. The van der Waals surface area contributed by atoms with E-state index in [1.807, 2.05) is 0 Å². The molecule has 5 rings (SSSR count). The third-order valence-corrected chi connectivity index (χ3v) is 7.95. The maximum atomic E-state index is 13.5. The summed E-state index contributed by atoms with van der Waals surface area (Å²) in [6, 6.07) is 11.7. The number of carbonyl (C=O) groups is 1.